The number of hydrogen-bond acceptors (Lipinski definition) is 4. The Morgan fingerprint density at radius 2 is 1.71 bits per heavy atom. The molecule has 0 saturated carbocycles. The molecule has 0 saturated heterocycles. The van der Waals surface area contributed by atoms with Gasteiger partial charge >= 0.3 is 11.8 Å². The third-order valence-electron chi connectivity index (χ3n) is 3.63. The van der Waals surface area contributed by atoms with Crippen molar-refractivity contribution in [2.24, 2.45) is 5.73 Å². The molecule has 2 atom stereocenters. The summed E-state index contributed by atoms with van der Waals surface area (Å²) in [5.41, 5.74) is 6.19. The summed E-state index contributed by atoms with van der Waals surface area (Å²) >= 11 is 0. The Bertz CT molecular complexity index is 791. The molecule has 2 aromatic rings. The van der Waals surface area contributed by atoms with Gasteiger partial charge in [0, 0.05) is 11.3 Å². The molecule has 3 rings (SSSR count). The number of fused-ring (bicyclic) bond motifs is 1. The zero-order valence-corrected chi connectivity index (χ0v) is 12.6. The maximum absolute atomic E-state index is 12.4. The Kier molecular flexibility index (Phi) is 4.15. The molecular formula is C17H15N3O4. The molecule has 1 aliphatic rings. The van der Waals surface area contributed by atoms with Gasteiger partial charge in [-0.2, -0.15) is 0 Å². The van der Waals surface area contributed by atoms with Crippen molar-refractivity contribution in [1.82, 2.24) is 5.32 Å². The number of benzene rings is 2. The lowest BCUT2D eigenvalue weighted by Crippen LogP contribution is -2.51. The maximum Gasteiger partial charge on any atom is 0.309 e. The first-order valence-electron chi connectivity index (χ1n) is 7.28. The fraction of sp³-hybridized carbons (Fsp3) is 0.118. The molecule has 1 aliphatic heterocycles. The van der Waals surface area contributed by atoms with E-state index in [2.05, 4.69) is 10.6 Å². The van der Waals surface area contributed by atoms with E-state index < -0.39 is 29.9 Å². The molecule has 0 aliphatic carbocycles. The first kappa shape index (κ1) is 15.5. The number of carbonyl (C=O) groups is 3. The predicted molar refractivity (Wildman–Crippen MR) is 86.0 cm³/mol. The molecule has 4 N–H and O–H groups in total. The van der Waals surface area contributed by atoms with E-state index in [0.717, 1.165) is 0 Å². The smallest absolute Gasteiger partial charge is 0.309 e. The first-order valence-corrected chi connectivity index (χ1v) is 7.28. The number of amides is 3. The number of ether oxygens (including phenoxy) is 1. The van der Waals surface area contributed by atoms with Crippen molar-refractivity contribution in [3.05, 3.63) is 60.2 Å². The van der Waals surface area contributed by atoms with E-state index in [1.54, 1.807) is 48.5 Å². The van der Waals surface area contributed by atoms with Gasteiger partial charge in [0.1, 0.15) is 11.8 Å². The highest BCUT2D eigenvalue weighted by Gasteiger charge is 2.39. The largest absolute Gasteiger partial charge is 0.478 e. The standard InChI is InChI=1S/C17H15N3O4/c18-15(21)17(23)20-13-11-8-4-5-9-12(11)19-16(22)14(13)24-10-6-2-1-3-7-10/h1-9,13-14H,(H2,18,21)(H,19,22)(H,20,23). The molecule has 24 heavy (non-hydrogen) atoms. The van der Waals surface area contributed by atoms with Crippen LogP contribution >= 0.6 is 0 Å². The number of nitrogens with one attached hydrogen (secondary N) is 2. The Hall–Kier alpha value is -3.35. The van der Waals surface area contributed by atoms with Crippen molar-refractivity contribution in [3.63, 3.8) is 0 Å². The van der Waals surface area contributed by atoms with Gasteiger partial charge in [0.05, 0.1) is 0 Å². The van der Waals surface area contributed by atoms with Crippen molar-refractivity contribution in [2.75, 3.05) is 5.32 Å². The summed E-state index contributed by atoms with van der Waals surface area (Å²) < 4.78 is 5.74. The van der Waals surface area contributed by atoms with Crippen LogP contribution in [0.5, 0.6) is 5.75 Å². The Morgan fingerprint density at radius 3 is 2.42 bits per heavy atom. The van der Waals surface area contributed by atoms with E-state index in [-0.39, 0.29) is 0 Å². The summed E-state index contributed by atoms with van der Waals surface area (Å²) in [6.45, 7) is 0. The van der Waals surface area contributed by atoms with E-state index in [0.29, 0.717) is 17.0 Å². The minimum atomic E-state index is -1.13. The van der Waals surface area contributed by atoms with Crippen LogP contribution in [0.3, 0.4) is 0 Å². The van der Waals surface area contributed by atoms with E-state index in [4.69, 9.17) is 10.5 Å². The normalized spacial score (nSPS) is 18.9. The maximum atomic E-state index is 12.4. The summed E-state index contributed by atoms with van der Waals surface area (Å²) in [6.07, 6.45) is -1.04. The van der Waals surface area contributed by atoms with Crippen LogP contribution in [0.1, 0.15) is 11.6 Å². The number of carbonyl (C=O) groups excluding carboxylic acids is 3. The van der Waals surface area contributed by atoms with Crippen LogP contribution in [0.25, 0.3) is 0 Å². The molecule has 122 valence electrons. The van der Waals surface area contributed by atoms with Crippen molar-refractivity contribution < 1.29 is 19.1 Å². The van der Waals surface area contributed by atoms with Gasteiger partial charge in [-0.1, -0.05) is 36.4 Å². The lowest BCUT2D eigenvalue weighted by Gasteiger charge is -2.33. The second-order valence-corrected chi connectivity index (χ2v) is 5.24. The Labute approximate surface area is 137 Å². The van der Waals surface area contributed by atoms with Crippen molar-refractivity contribution in [1.29, 1.82) is 0 Å². The lowest BCUT2D eigenvalue weighted by atomic mass is 9.94. The van der Waals surface area contributed by atoms with Crippen molar-refractivity contribution in [3.8, 4) is 5.75 Å². The average Bonchev–Trinajstić information content (AvgIpc) is 2.58. The summed E-state index contributed by atoms with van der Waals surface area (Å²) in [6, 6.07) is 14.9. The third kappa shape index (κ3) is 3.05. The number of nitrogens with two attached hydrogens (primary N) is 1. The number of primary amides is 1. The van der Waals surface area contributed by atoms with Crippen LogP contribution in [0.2, 0.25) is 0 Å². The van der Waals surface area contributed by atoms with Gasteiger partial charge in [0.15, 0.2) is 0 Å². The molecule has 0 spiro atoms. The highest BCUT2D eigenvalue weighted by Crippen LogP contribution is 2.32. The highest BCUT2D eigenvalue weighted by molar-refractivity contribution is 6.34. The van der Waals surface area contributed by atoms with Crippen molar-refractivity contribution in [2.45, 2.75) is 12.1 Å². The number of rotatable bonds is 3. The quantitative estimate of drug-likeness (QED) is 0.722. The number of anilines is 1. The molecule has 2 unspecified atom stereocenters. The summed E-state index contributed by atoms with van der Waals surface area (Å²) in [5.74, 6) is -2.06. The van der Waals surface area contributed by atoms with Gasteiger partial charge in [-0.25, -0.2) is 0 Å². The lowest BCUT2D eigenvalue weighted by molar-refractivity contribution is -0.139. The number of hydrogen-bond donors (Lipinski definition) is 3. The fourth-order valence-electron chi connectivity index (χ4n) is 2.53. The molecule has 0 radical (unpaired) electrons. The average molecular weight is 325 g/mol. The van der Waals surface area contributed by atoms with Crippen LogP contribution < -0.4 is 21.1 Å². The second-order valence-electron chi connectivity index (χ2n) is 5.24. The SMILES string of the molecule is NC(=O)C(=O)NC1c2ccccc2NC(=O)C1Oc1ccccc1. The Morgan fingerprint density at radius 1 is 1.04 bits per heavy atom. The van der Waals surface area contributed by atoms with Gasteiger partial charge in [-0.05, 0) is 18.2 Å². The zero-order chi connectivity index (χ0) is 17.1. The third-order valence-corrected chi connectivity index (χ3v) is 3.63. The van der Waals surface area contributed by atoms with Gasteiger partial charge < -0.3 is 21.1 Å². The highest BCUT2D eigenvalue weighted by atomic mass is 16.5. The molecule has 7 nitrogen and oxygen atoms in total. The van der Waals surface area contributed by atoms with Gasteiger partial charge in [-0.15, -0.1) is 0 Å². The van der Waals surface area contributed by atoms with E-state index >= 15 is 0 Å². The molecule has 0 aromatic heterocycles. The molecule has 7 heteroatoms. The van der Waals surface area contributed by atoms with E-state index in [9.17, 15) is 14.4 Å². The van der Waals surface area contributed by atoms with E-state index in [1.807, 2.05) is 6.07 Å². The zero-order valence-electron chi connectivity index (χ0n) is 12.6. The van der Waals surface area contributed by atoms with Gasteiger partial charge in [0.25, 0.3) is 5.91 Å². The molecule has 3 amide bonds. The first-order chi connectivity index (χ1) is 11.6. The molecule has 1 heterocycles. The molecule has 0 bridgehead atoms. The molecule has 2 aromatic carbocycles. The van der Waals surface area contributed by atoms with Gasteiger partial charge in [-0.3, -0.25) is 14.4 Å². The Balaban J connectivity index is 1.96. The second kappa shape index (κ2) is 6.41. The van der Waals surface area contributed by atoms with Crippen molar-refractivity contribution >= 4 is 23.4 Å². The number of para-hydroxylation sites is 2. The van der Waals surface area contributed by atoms with Crippen LogP contribution in [0.15, 0.2) is 54.6 Å². The fourth-order valence-corrected chi connectivity index (χ4v) is 2.53. The molecular weight excluding hydrogens is 310 g/mol. The summed E-state index contributed by atoms with van der Waals surface area (Å²) in [5, 5.41) is 5.21. The van der Waals surface area contributed by atoms with Crippen LogP contribution in [-0.2, 0) is 14.4 Å². The monoisotopic (exact) mass is 325 g/mol. The van der Waals surface area contributed by atoms with Crippen LogP contribution in [-0.4, -0.2) is 23.8 Å². The predicted octanol–water partition coefficient (Wildman–Crippen LogP) is 0.729. The van der Waals surface area contributed by atoms with Crippen LogP contribution in [0, 0.1) is 0 Å². The van der Waals surface area contributed by atoms with Gasteiger partial charge in [0.2, 0.25) is 6.10 Å². The minimum Gasteiger partial charge on any atom is -0.478 e. The summed E-state index contributed by atoms with van der Waals surface area (Å²) in [7, 11) is 0. The molecule has 0 fully saturated rings. The minimum absolute atomic E-state index is 0.424. The van der Waals surface area contributed by atoms with E-state index in [1.165, 1.54) is 0 Å². The summed E-state index contributed by atoms with van der Waals surface area (Å²) in [4.78, 5) is 35.3. The topological polar surface area (TPSA) is 111 Å². The van der Waals surface area contributed by atoms with Crippen LogP contribution in [0.4, 0.5) is 5.69 Å².